The smallest absolute Gasteiger partial charge is 0.410 e. The van der Waals surface area contributed by atoms with Crippen molar-refractivity contribution in [2.24, 2.45) is 0 Å². The standard InChI is InChI=1S/C16H20ClNO4/c1-16(2,3)22-15(20)18-7-8-21-13(10-18)14(19)11-5-4-6-12(17)9-11/h4-6,9,13H,7-8,10H2,1-3H3. The van der Waals surface area contributed by atoms with E-state index in [2.05, 4.69) is 0 Å². The summed E-state index contributed by atoms with van der Waals surface area (Å²) in [5, 5.41) is 0.491. The van der Waals surface area contributed by atoms with Gasteiger partial charge in [0.2, 0.25) is 0 Å². The van der Waals surface area contributed by atoms with E-state index in [1.54, 1.807) is 45.0 Å². The Bertz CT molecular complexity index is 568. The Hall–Kier alpha value is -1.59. The zero-order valence-electron chi connectivity index (χ0n) is 13.0. The molecule has 0 spiro atoms. The molecule has 0 bridgehead atoms. The van der Waals surface area contributed by atoms with E-state index < -0.39 is 17.8 Å². The van der Waals surface area contributed by atoms with Gasteiger partial charge in [0.1, 0.15) is 11.7 Å². The first-order valence-corrected chi connectivity index (χ1v) is 7.53. The number of ether oxygens (including phenoxy) is 2. The van der Waals surface area contributed by atoms with Crippen molar-refractivity contribution in [2.45, 2.75) is 32.5 Å². The molecule has 22 heavy (non-hydrogen) atoms. The highest BCUT2D eigenvalue weighted by Gasteiger charge is 2.32. The summed E-state index contributed by atoms with van der Waals surface area (Å²) in [5.74, 6) is -0.184. The van der Waals surface area contributed by atoms with Crippen molar-refractivity contribution in [3.05, 3.63) is 34.9 Å². The van der Waals surface area contributed by atoms with E-state index in [0.717, 1.165) is 0 Å². The van der Waals surface area contributed by atoms with Gasteiger partial charge in [-0.25, -0.2) is 4.79 Å². The molecule has 1 heterocycles. The monoisotopic (exact) mass is 325 g/mol. The van der Waals surface area contributed by atoms with Crippen molar-refractivity contribution >= 4 is 23.5 Å². The number of hydrogen-bond donors (Lipinski definition) is 0. The molecule has 1 saturated heterocycles. The first-order valence-electron chi connectivity index (χ1n) is 7.15. The highest BCUT2D eigenvalue weighted by atomic mass is 35.5. The molecule has 0 saturated carbocycles. The third kappa shape index (κ3) is 4.45. The number of ketones is 1. The summed E-state index contributed by atoms with van der Waals surface area (Å²) in [6.45, 7) is 6.31. The number of carbonyl (C=O) groups is 2. The van der Waals surface area contributed by atoms with E-state index in [1.807, 2.05) is 0 Å². The van der Waals surface area contributed by atoms with Crippen molar-refractivity contribution < 1.29 is 19.1 Å². The number of morpholine rings is 1. The molecule has 0 aliphatic carbocycles. The van der Waals surface area contributed by atoms with Gasteiger partial charge in [-0.2, -0.15) is 0 Å². The molecule has 0 N–H and O–H groups in total. The normalized spacial score (nSPS) is 18.9. The molecule has 1 amide bonds. The van der Waals surface area contributed by atoms with Gasteiger partial charge in [-0.05, 0) is 32.9 Å². The van der Waals surface area contributed by atoms with E-state index in [-0.39, 0.29) is 12.3 Å². The lowest BCUT2D eigenvalue weighted by Gasteiger charge is -2.33. The van der Waals surface area contributed by atoms with Crippen LogP contribution in [0.1, 0.15) is 31.1 Å². The Labute approximate surface area is 135 Å². The lowest BCUT2D eigenvalue weighted by atomic mass is 10.1. The summed E-state index contributed by atoms with van der Waals surface area (Å²) >= 11 is 5.90. The molecule has 1 aromatic carbocycles. The second-order valence-electron chi connectivity index (χ2n) is 6.16. The van der Waals surface area contributed by atoms with Crippen molar-refractivity contribution in [2.75, 3.05) is 19.7 Å². The van der Waals surface area contributed by atoms with Gasteiger partial charge < -0.3 is 14.4 Å². The van der Waals surface area contributed by atoms with Gasteiger partial charge in [-0.1, -0.05) is 23.7 Å². The van der Waals surface area contributed by atoms with E-state index in [4.69, 9.17) is 21.1 Å². The quantitative estimate of drug-likeness (QED) is 0.784. The Morgan fingerprint density at radius 2 is 2.09 bits per heavy atom. The van der Waals surface area contributed by atoms with Gasteiger partial charge in [0.25, 0.3) is 0 Å². The maximum absolute atomic E-state index is 12.4. The maximum atomic E-state index is 12.4. The molecule has 1 atom stereocenters. The summed E-state index contributed by atoms with van der Waals surface area (Å²) in [4.78, 5) is 26.0. The largest absolute Gasteiger partial charge is 0.444 e. The molecule has 1 unspecified atom stereocenters. The minimum Gasteiger partial charge on any atom is -0.444 e. The molecule has 6 heteroatoms. The summed E-state index contributed by atoms with van der Waals surface area (Å²) < 4.78 is 10.8. The maximum Gasteiger partial charge on any atom is 0.410 e. The van der Waals surface area contributed by atoms with Crippen LogP contribution in [0.4, 0.5) is 4.79 Å². The number of carbonyl (C=O) groups excluding carboxylic acids is 2. The third-order valence-electron chi connectivity index (χ3n) is 3.12. The van der Waals surface area contributed by atoms with Crippen LogP contribution in [0.3, 0.4) is 0 Å². The lowest BCUT2D eigenvalue weighted by molar-refractivity contribution is -0.0321. The number of benzene rings is 1. The van der Waals surface area contributed by atoms with Crippen LogP contribution in [0.2, 0.25) is 5.02 Å². The molecule has 120 valence electrons. The molecular weight excluding hydrogens is 306 g/mol. The van der Waals surface area contributed by atoms with Gasteiger partial charge in [0, 0.05) is 17.1 Å². The molecule has 0 radical (unpaired) electrons. The fourth-order valence-electron chi connectivity index (χ4n) is 2.13. The van der Waals surface area contributed by atoms with Gasteiger partial charge in [-0.3, -0.25) is 4.79 Å². The van der Waals surface area contributed by atoms with Crippen LogP contribution in [-0.4, -0.2) is 48.2 Å². The van der Waals surface area contributed by atoms with Crippen molar-refractivity contribution in [1.29, 1.82) is 0 Å². The zero-order valence-corrected chi connectivity index (χ0v) is 13.7. The van der Waals surface area contributed by atoms with E-state index >= 15 is 0 Å². The van der Waals surface area contributed by atoms with E-state index in [1.165, 1.54) is 4.90 Å². The van der Waals surface area contributed by atoms with E-state index in [0.29, 0.717) is 23.7 Å². The predicted octanol–water partition coefficient (Wildman–Crippen LogP) is 3.16. The fourth-order valence-corrected chi connectivity index (χ4v) is 2.32. The summed E-state index contributed by atoms with van der Waals surface area (Å²) in [5.41, 5.74) is -0.0921. The number of Topliss-reactive ketones (excluding diaryl/α,β-unsaturated/α-hetero) is 1. The molecule has 0 aromatic heterocycles. The predicted molar refractivity (Wildman–Crippen MR) is 83.3 cm³/mol. The molecule has 5 nitrogen and oxygen atoms in total. The molecule has 1 aromatic rings. The molecule has 1 aliphatic heterocycles. The van der Waals surface area contributed by atoms with Crippen LogP contribution < -0.4 is 0 Å². The first-order chi connectivity index (χ1) is 10.3. The number of nitrogens with zero attached hydrogens (tertiary/aromatic N) is 1. The highest BCUT2D eigenvalue weighted by molar-refractivity contribution is 6.31. The second kappa shape index (κ2) is 6.67. The topological polar surface area (TPSA) is 55.8 Å². The van der Waals surface area contributed by atoms with Crippen molar-refractivity contribution in [1.82, 2.24) is 4.90 Å². The number of amides is 1. The molecular formula is C16H20ClNO4. The van der Waals surface area contributed by atoms with Crippen LogP contribution in [0.15, 0.2) is 24.3 Å². The summed E-state index contributed by atoms with van der Waals surface area (Å²) in [6, 6.07) is 6.70. The van der Waals surface area contributed by atoms with E-state index in [9.17, 15) is 9.59 Å². The molecule has 2 rings (SSSR count). The van der Waals surface area contributed by atoms with Crippen LogP contribution in [-0.2, 0) is 9.47 Å². The van der Waals surface area contributed by atoms with Crippen LogP contribution in [0, 0.1) is 0 Å². The highest BCUT2D eigenvalue weighted by Crippen LogP contribution is 2.17. The molecule has 1 fully saturated rings. The minimum absolute atomic E-state index is 0.181. The Morgan fingerprint density at radius 1 is 1.36 bits per heavy atom. The minimum atomic E-state index is -0.695. The SMILES string of the molecule is CC(C)(C)OC(=O)N1CCOC(C(=O)c2cccc(Cl)c2)C1. The molecule has 1 aliphatic rings. The zero-order chi connectivity index (χ0) is 16.3. The average Bonchev–Trinajstić information content (AvgIpc) is 2.45. The Morgan fingerprint density at radius 3 is 2.73 bits per heavy atom. The average molecular weight is 326 g/mol. The van der Waals surface area contributed by atoms with Gasteiger partial charge >= 0.3 is 6.09 Å². The Kier molecular flexibility index (Phi) is 5.08. The first kappa shape index (κ1) is 16.8. The lowest BCUT2D eigenvalue weighted by Crippen LogP contribution is -2.49. The summed E-state index contributed by atoms with van der Waals surface area (Å²) in [6.07, 6.45) is -1.13. The van der Waals surface area contributed by atoms with Gasteiger partial charge in [-0.15, -0.1) is 0 Å². The fraction of sp³-hybridized carbons (Fsp3) is 0.500. The number of rotatable bonds is 2. The number of halogens is 1. The second-order valence-corrected chi connectivity index (χ2v) is 6.60. The summed E-state index contributed by atoms with van der Waals surface area (Å²) in [7, 11) is 0. The van der Waals surface area contributed by atoms with Gasteiger partial charge in [0.15, 0.2) is 5.78 Å². The van der Waals surface area contributed by atoms with Crippen LogP contribution in [0.5, 0.6) is 0 Å². The number of hydrogen-bond acceptors (Lipinski definition) is 4. The Balaban J connectivity index is 2.04. The van der Waals surface area contributed by atoms with Crippen LogP contribution in [0.25, 0.3) is 0 Å². The van der Waals surface area contributed by atoms with Crippen molar-refractivity contribution in [3.8, 4) is 0 Å². The van der Waals surface area contributed by atoms with Crippen molar-refractivity contribution in [3.63, 3.8) is 0 Å². The third-order valence-corrected chi connectivity index (χ3v) is 3.35. The van der Waals surface area contributed by atoms with Crippen LogP contribution >= 0.6 is 11.6 Å². The van der Waals surface area contributed by atoms with Gasteiger partial charge in [0.05, 0.1) is 13.2 Å².